The van der Waals surface area contributed by atoms with Crippen LogP contribution in [0.2, 0.25) is 0 Å². The number of rotatable bonds is 5. The number of nitrogens with zero attached hydrogens (tertiary/aromatic N) is 2. The van der Waals surface area contributed by atoms with Crippen molar-refractivity contribution in [2.24, 2.45) is 0 Å². The molecule has 2 heterocycles. The van der Waals surface area contributed by atoms with Gasteiger partial charge in [0.1, 0.15) is 18.0 Å². The first kappa shape index (κ1) is 15.2. The molecule has 3 rings (SSSR count). The summed E-state index contributed by atoms with van der Waals surface area (Å²) in [6.07, 6.45) is 4.11. The molecule has 1 aliphatic heterocycles. The second-order valence-corrected chi connectivity index (χ2v) is 6.30. The van der Waals surface area contributed by atoms with Gasteiger partial charge in [-0.15, -0.1) is 0 Å². The molecule has 22 heavy (non-hydrogen) atoms. The first-order valence-electron chi connectivity index (χ1n) is 7.41. The molecule has 116 valence electrons. The molecular formula is C16H19BrN4O. The maximum absolute atomic E-state index is 5.60. The van der Waals surface area contributed by atoms with Crippen LogP contribution in [0, 0.1) is 6.92 Å². The van der Waals surface area contributed by atoms with Crippen LogP contribution in [-0.4, -0.2) is 29.2 Å². The quantitative estimate of drug-likeness (QED) is 0.844. The van der Waals surface area contributed by atoms with Crippen molar-refractivity contribution < 1.29 is 4.74 Å². The van der Waals surface area contributed by atoms with Crippen LogP contribution >= 0.6 is 15.9 Å². The van der Waals surface area contributed by atoms with E-state index in [2.05, 4.69) is 49.5 Å². The van der Waals surface area contributed by atoms with Crippen LogP contribution in [0.1, 0.15) is 18.4 Å². The van der Waals surface area contributed by atoms with Gasteiger partial charge in [-0.3, -0.25) is 0 Å². The van der Waals surface area contributed by atoms with Gasteiger partial charge < -0.3 is 15.4 Å². The molecule has 6 heteroatoms. The summed E-state index contributed by atoms with van der Waals surface area (Å²) >= 11 is 3.47. The van der Waals surface area contributed by atoms with Gasteiger partial charge in [-0.2, -0.15) is 0 Å². The molecular weight excluding hydrogens is 344 g/mol. The van der Waals surface area contributed by atoms with Gasteiger partial charge in [-0.25, -0.2) is 9.97 Å². The van der Waals surface area contributed by atoms with Crippen LogP contribution in [-0.2, 0) is 4.74 Å². The van der Waals surface area contributed by atoms with Gasteiger partial charge >= 0.3 is 0 Å². The zero-order chi connectivity index (χ0) is 15.4. The summed E-state index contributed by atoms with van der Waals surface area (Å²) in [6, 6.07) is 8.02. The number of hydrogen-bond donors (Lipinski definition) is 2. The standard InChI is InChI=1S/C16H19BrN4O/c1-11-7-12(17)4-5-14(11)21-16-8-15(19-10-20-16)18-9-13-3-2-6-22-13/h4-5,7-8,10,13H,2-3,6,9H2,1H3,(H2,18,19,20,21). The minimum atomic E-state index is 0.292. The van der Waals surface area contributed by atoms with E-state index in [-0.39, 0.29) is 0 Å². The van der Waals surface area contributed by atoms with Crippen LogP contribution in [0.15, 0.2) is 35.1 Å². The third kappa shape index (κ3) is 3.96. The second-order valence-electron chi connectivity index (χ2n) is 5.39. The molecule has 1 unspecified atom stereocenters. The molecule has 0 saturated carbocycles. The van der Waals surface area contributed by atoms with Crippen molar-refractivity contribution in [2.45, 2.75) is 25.9 Å². The predicted molar refractivity (Wildman–Crippen MR) is 91.7 cm³/mol. The summed E-state index contributed by atoms with van der Waals surface area (Å²) in [5.41, 5.74) is 2.19. The van der Waals surface area contributed by atoms with Crippen LogP contribution in [0.5, 0.6) is 0 Å². The Balaban J connectivity index is 1.65. The fourth-order valence-corrected chi connectivity index (χ4v) is 2.93. The molecule has 2 N–H and O–H groups in total. The minimum Gasteiger partial charge on any atom is -0.376 e. The van der Waals surface area contributed by atoms with Crippen LogP contribution in [0.3, 0.4) is 0 Å². The largest absolute Gasteiger partial charge is 0.376 e. The first-order valence-corrected chi connectivity index (χ1v) is 8.21. The normalized spacial score (nSPS) is 17.5. The summed E-state index contributed by atoms with van der Waals surface area (Å²) in [7, 11) is 0. The summed E-state index contributed by atoms with van der Waals surface area (Å²) in [4.78, 5) is 8.53. The predicted octanol–water partition coefficient (Wildman–Crippen LogP) is 3.88. The molecule has 1 fully saturated rings. The van der Waals surface area contributed by atoms with Gasteiger partial charge in [0.15, 0.2) is 0 Å². The van der Waals surface area contributed by atoms with E-state index in [9.17, 15) is 0 Å². The maximum atomic E-state index is 5.60. The maximum Gasteiger partial charge on any atom is 0.135 e. The van der Waals surface area contributed by atoms with Crippen molar-refractivity contribution in [1.29, 1.82) is 0 Å². The zero-order valence-corrected chi connectivity index (χ0v) is 14.1. The Morgan fingerprint density at radius 3 is 2.91 bits per heavy atom. The average Bonchev–Trinajstić information content (AvgIpc) is 3.02. The van der Waals surface area contributed by atoms with Crippen molar-refractivity contribution in [3.8, 4) is 0 Å². The third-order valence-corrected chi connectivity index (χ3v) is 4.15. The van der Waals surface area contributed by atoms with Gasteiger partial charge in [0.2, 0.25) is 0 Å². The molecule has 5 nitrogen and oxygen atoms in total. The Hall–Kier alpha value is -1.66. The molecule has 0 amide bonds. The van der Waals surface area contributed by atoms with Crippen LogP contribution in [0.25, 0.3) is 0 Å². The lowest BCUT2D eigenvalue weighted by atomic mass is 10.2. The Labute approximate surface area is 138 Å². The SMILES string of the molecule is Cc1cc(Br)ccc1Nc1cc(NCC2CCCO2)ncn1. The van der Waals surface area contributed by atoms with Gasteiger partial charge in [0.25, 0.3) is 0 Å². The van der Waals surface area contributed by atoms with E-state index < -0.39 is 0 Å². The zero-order valence-electron chi connectivity index (χ0n) is 12.5. The lowest BCUT2D eigenvalue weighted by Gasteiger charge is -2.13. The van der Waals surface area contributed by atoms with Crippen LogP contribution < -0.4 is 10.6 Å². The van der Waals surface area contributed by atoms with Gasteiger partial charge in [0, 0.05) is 29.4 Å². The summed E-state index contributed by atoms with van der Waals surface area (Å²) in [5.74, 6) is 1.58. The van der Waals surface area contributed by atoms with Crippen molar-refractivity contribution in [2.75, 3.05) is 23.8 Å². The highest BCUT2D eigenvalue weighted by molar-refractivity contribution is 9.10. The summed E-state index contributed by atoms with van der Waals surface area (Å²) in [5, 5.41) is 6.64. The molecule has 1 atom stereocenters. The topological polar surface area (TPSA) is 59.1 Å². The minimum absolute atomic E-state index is 0.292. The van der Waals surface area contributed by atoms with Crippen molar-refractivity contribution >= 4 is 33.3 Å². The molecule has 2 aromatic rings. The van der Waals surface area contributed by atoms with Crippen molar-refractivity contribution in [3.05, 3.63) is 40.6 Å². The Bertz CT molecular complexity index is 644. The number of ether oxygens (including phenoxy) is 1. The van der Waals surface area contributed by atoms with Crippen molar-refractivity contribution in [1.82, 2.24) is 9.97 Å². The smallest absolute Gasteiger partial charge is 0.135 e. The highest BCUT2D eigenvalue weighted by Crippen LogP contribution is 2.23. The average molecular weight is 363 g/mol. The molecule has 1 aromatic carbocycles. The molecule has 1 aliphatic rings. The highest BCUT2D eigenvalue weighted by atomic mass is 79.9. The van der Waals surface area contributed by atoms with E-state index in [1.165, 1.54) is 0 Å². The van der Waals surface area contributed by atoms with E-state index in [1.807, 2.05) is 18.2 Å². The molecule has 1 aromatic heterocycles. The Morgan fingerprint density at radius 2 is 2.14 bits per heavy atom. The summed E-state index contributed by atoms with van der Waals surface area (Å²) < 4.78 is 6.67. The van der Waals surface area contributed by atoms with Gasteiger partial charge in [0.05, 0.1) is 6.10 Å². The number of anilines is 3. The molecule has 0 aliphatic carbocycles. The third-order valence-electron chi connectivity index (χ3n) is 3.65. The fourth-order valence-electron chi connectivity index (χ4n) is 2.45. The van der Waals surface area contributed by atoms with Crippen LogP contribution in [0.4, 0.5) is 17.3 Å². The summed E-state index contributed by atoms with van der Waals surface area (Å²) in [6.45, 7) is 3.71. The van der Waals surface area contributed by atoms with E-state index >= 15 is 0 Å². The molecule has 0 bridgehead atoms. The van der Waals surface area contributed by atoms with Gasteiger partial charge in [-0.05, 0) is 43.5 Å². The lowest BCUT2D eigenvalue weighted by molar-refractivity contribution is 0.120. The van der Waals surface area contributed by atoms with E-state index in [0.717, 1.165) is 53.4 Å². The van der Waals surface area contributed by atoms with E-state index in [0.29, 0.717) is 6.10 Å². The number of aryl methyl sites for hydroxylation is 1. The van der Waals surface area contributed by atoms with E-state index in [4.69, 9.17) is 4.74 Å². The number of aromatic nitrogens is 2. The van der Waals surface area contributed by atoms with E-state index in [1.54, 1.807) is 6.33 Å². The van der Waals surface area contributed by atoms with Crippen molar-refractivity contribution in [3.63, 3.8) is 0 Å². The number of benzene rings is 1. The second kappa shape index (κ2) is 7.07. The number of hydrogen-bond acceptors (Lipinski definition) is 5. The number of nitrogens with one attached hydrogen (secondary N) is 2. The molecule has 0 radical (unpaired) electrons. The lowest BCUT2D eigenvalue weighted by Crippen LogP contribution is -2.19. The molecule has 1 saturated heterocycles. The monoisotopic (exact) mass is 362 g/mol. The Kier molecular flexibility index (Phi) is 4.90. The first-order chi connectivity index (χ1) is 10.7. The Morgan fingerprint density at radius 1 is 1.27 bits per heavy atom. The highest BCUT2D eigenvalue weighted by Gasteiger charge is 2.15. The van der Waals surface area contributed by atoms with Gasteiger partial charge in [-0.1, -0.05) is 15.9 Å². The fraction of sp³-hybridized carbons (Fsp3) is 0.375. The molecule has 0 spiro atoms. The number of halogens is 1.